The maximum Gasteiger partial charge on any atom is 0.259 e. The lowest BCUT2D eigenvalue weighted by molar-refractivity contribution is 0.102. The van der Waals surface area contributed by atoms with E-state index in [2.05, 4.69) is 10.6 Å². The van der Waals surface area contributed by atoms with Crippen LogP contribution in [-0.2, 0) is 6.54 Å². The molecule has 0 heterocycles. The van der Waals surface area contributed by atoms with Crippen molar-refractivity contribution in [1.29, 1.82) is 0 Å². The Labute approximate surface area is 158 Å². The molecule has 1 amide bonds. The van der Waals surface area contributed by atoms with Crippen LogP contribution in [0.1, 0.15) is 15.9 Å². The van der Waals surface area contributed by atoms with Crippen molar-refractivity contribution < 1.29 is 14.3 Å². The van der Waals surface area contributed by atoms with Crippen LogP contribution in [0, 0.1) is 0 Å². The highest BCUT2D eigenvalue weighted by Gasteiger charge is 2.11. The van der Waals surface area contributed by atoms with E-state index in [9.17, 15) is 4.79 Å². The van der Waals surface area contributed by atoms with E-state index in [4.69, 9.17) is 9.47 Å². The van der Waals surface area contributed by atoms with Gasteiger partial charge < -0.3 is 20.1 Å². The Morgan fingerprint density at radius 3 is 2.15 bits per heavy atom. The van der Waals surface area contributed by atoms with Gasteiger partial charge >= 0.3 is 0 Å². The molecule has 0 fully saturated rings. The van der Waals surface area contributed by atoms with Crippen molar-refractivity contribution in [2.24, 2.45) is 0 Å². The Morgan fingerprint density at radius 1 is 0.815 bits per heavy atom. The molecule has 0 unspecified atom stereocenters. The lowest BCUT2D eigenvalue weighted by Gasteiger charge is -2.11. The normalized spacial score (nSPS) is 10.1. The highest BCUT2D eigenvalue weighted by atomic mass is 16.5. The van der Waals surface area contributed by atoms with Crippen LogP contribution in [0.2, 0.25) is 0 Å². The quantitative estimate of drug-likeness (QED) is 0.646. The maximum absolute atomic E-state index is 12.4. The number of methoxy groups -OCH3 is 2. The molecule has 0 aliphatic carbocycles. The molecule has 2 N–H and O–H groups in total. The standard InChI is InChI=1S/C22H22N2O3/c1-26-19-13-7-16(8-14-19)15-23-17-9-11-18(12-10-17)24-22(25)20-5-3-4-6-21(20)27-2/h3-14,23H,15H2,1-2H3,(H,24,25). The van der Waals surface area contributed by atoms with E-state index in [1.54, 1.807) is 26.4 Å². The zero-order valence-corrected chi connectivity index (χ0v) is 15.4. The number of carbonyl (C=O) groups excluding carboxylic acids is 1. The number of para-hydroxylation sites is 1. The van der Waals surface area contributed by atoms with Gasteiger partial charge in [-0.1, -0.05) is 24.3 Å². The van der Waals surface area contributed by atoms with Crippen LogP contribution in [0.15, 0.2) is 72.8 Å². The van der Waals surface area contributed by atoms with E-state index in [0.717, 1.165) is 22.7 Å². The molecule has 0 spiro atoms. The second-order valence-electron chi connectivity index (χ2n) is 5.93. The number of amides is 1. The van der Waals surface area contributed by atoms with Gasteiger partial charge in [0, 0.05) is 17.9 Å². The molecule has 0 radical (unpaired) electrons. The Hall–Kier alpha value is -3.47. The van der Waals surface area contributed by atoms with Gasteiger partial charge in [-0.2, -0.15) is 0 Å². The fourth-order valence-electron chi connectivity index (χ4n) is 2.65. The summed E-state index contributed by atoms with van der Waals surface area (Å²) < 4.78 is 10.4. The topological polar surface area (TPSA) is 59.6 Å². The molecule has 5 nitrogen and oxygen atoms in total. The third-order valence-corrected chi connectivity index (χ3v) is 4.15. The van der Waals surface area contributed by atoms with Crippen molar-refractivity contribution in [3.63, 3.8) is 0 Å². The number of ether oxygens (including phenoxy) is 2. The number of anilines is 2. The van der Waals surface area contributed by atoms with Gasteiger partial charge in [-0.25, -0.2) is 0 Å². The Kier molecular flexibility index (Phi) is 5.94. The number of rotatable bonds is 7. The van der Waals surface area contributed by atoms with Crippen LogP contribution in [0.3, 0.4) is 0 Å². The average molecular weight is 362 g/mol. The van der Waals surface area contributed by atoms with Crippen molar-refractivity contribution in [2.75, 3.05) is 24.9 Å². The van der Waals surface area contributed by atoms with Crippen LogP contribution in [-0.4, -0.2) is 20.1 Å². The van der Waals surface area contributed by atoms with E-state index in [0.29, 0.717) is 17.9 Å². The number of hydrogen-bond donors (Lipinski definition) is 2. The first-order valence-electron chi connectivity index (χ1n) is 8.61. The second kappa shape index (κ2) is 8.76. The molecule has 0 saturated heterocycles. The van der Waals surface area contributed by atoms with Gasteiger partial charge in [0.05, 0.1) is 19.8 Å². The summed E-state index contributed by atoms with van der Waals surface area (Å²) in [6.07, 6.45) is 0. The van der Waals surface area contributed by atoms with Crippen molar-refractivity contribution in [3.05, 3.63) is 83.9 Å². The van der Waals surface area contributed by atoms with E-state index in [1.165, 1.54) is 0 Å². The van der Waals surface area contributed by atoms with E-state index < -0.39 is 0 Å². The largest absolute Gasteiger partial charge is 0.497 e. The van der Waals surface area contributed by atoms with Gasteiger partial charge in [0.1, 0.15) is 11.5 Å². The van der Waals surface area contributed by atoms with Gasteiger partial charge in [0.15, 0.2) is 0 Å². The van der Waals surface area contributed by atoms with Crippen molar-refractivity contribution >= 4 is 17.3 Å². The van der Waals surface area contributed by atoms with Crippen LogP contribution in [0.4, 0.5) is 11.4 Å². The smallest absolute Gasteiger partial charge is 0.259 e. The van der Waals surface area contributed by atoms with Crippen LogP contribution >= 0.6 is 0 Å². The minimum Gasteiger partial charge on any atom is -0.497 e. The minimum atomic E-state index is -0.202. The summed E-state index contributed by atoms with van der Waals surface area (Å²) in [6, 6.07) is 22.7. The van der Waals surface area contributed by atoms with E-state index in [1.807, 2.05) is 60.7 Å². The second-order valence-corrected chi connectivity index (χ2v) is 5.93. The predicted molar refractivity (Wildman–Crippen MR) is 108 cm³/mol. The zero-order valence-electron chi connectivity index (χ0n) is 15.4. The van der Waals surface area contributed by atoms with Crippen LogP contribution in [0.5, 0.6) is 11.5 Å². The van der Waals surface area contributed by atoms with Gasteiger partial charge in [0.2, 0.25) is 0 Å². The molecular formula is C22H22N2O3. The fourth-order valence-corrected chi connectivity index (χ4v) is 2.65. The summed E-state index contributed by atoms with van der Waals surface area (Å²) in [4.78, 5) is 12.4. The van der Waals surface area contributed by atoms with Crippen molar-refractivity contribution in [1.82, 2.24) is 0 Å². The molecular weight excluding hydrogens is 340 g/mol. The fraction of sp³-hybridized carbons (Fsp3) is 0.136. The highest BCUT2D eigenvalue weighted by Crippen LogP contribution is 2.20. The molecule has 138 valence electrons. The molecule has 3 rings (SSSR count). The summed E-state index contributed by atoms with van der Waals surface area (Å²) in [7, 11) is 3.21. The van der Waals surface area contributed by atoms with Crippen molar-refractivity contribution in [3.8, 4) is 11.5 Å². The molecule has 0 aromatic heterocycles. The third kappa shape index (κ3) is 4.79. The molecule has 0 bridgehead atoms. The number of hydrogen-bond acceptors (Lipinski definition) is 4. The number of nitrogens with one attached hydrogen (secondary N) is 2. The Morgan fingerprint density at radius 2 is 1.48 bits per heavy atom. The first-order valence-corrected chi connectivity index (χ1v) is 8.61. The Balaban J connectivity index is 1.58. The summed E-state index contributed by atoms with van der Waals surface area (Å²) in [5.74, 6) is 1.19. The molecule has 0 aliphatic rings. The summed E-state index contributed by atoms with van der Waals surface area (Å²) in [5, 5.41) is 6.24. The first kappa shape index (κ1) is 18.3. The molecule has 3 aromatic carbocycles. The average Bonchev–Trinajstić information content (AvgIpc) is 2.73. The van der Waals surface area contributed by atoms with Gasteiger partial charge in [-0.05, 0) is 54.1 Å². The summed E-state index contributed by atoms with van der Waals surface area (Å²) >= 11 is 0. The van der Waals surface area contributed by atoms with Crippen LogP contribution in [0.25, 0.3) is 0 Å². The van der Waals surface area contributed by atoms with Gasteiger partial charge in [-0.3, -0.25) is 4.79 Å². The maximum atomic E-state index is 12.4. The predicted octanol–water partition coefficient (Wildman–Crippen LogP) is 4.57. The zero-order chi connectivity index (χ0) is 19.1. The first-order chi connectivity index (χ1) is 13.2. The molecule has 0 saturated carbocycles. The van der Waals surface area contributed by atoms with E-state index in [-0.39, 0.29) is 5.91 Å². The lowest BCUT2D eigenvalue weighted by atomic mass is 10.1. The van der Waals surface area contributed by atoms with E-state index >= 15 is 0 Å². The molecule has 27 heavy (non-hydrogen) atoms. The molecule has 5 heteroatoms. The SMILES string of the molecule is COc1ccc(CNc2ccc(NC(=O)c3ccccc3OC)cc2)cc1. The Bertz CT molecular complexity index is 890. The number of carbonyl (C=O) groups is 1. The van der Waals surface area contributed by atoms with Gasteiger partial charge in [-0.15, -0.1) is 0 Å². The molecule has 0 aliphatic heterocycles. The summed E-state index contributed by atoms with van der Waals surface area (Å²) in [5.41, 5.74) is 3.35. The molecule has 0 atom stereocenters. The van der Waals surface area contributed by atoms with Gasteiger partial charge in [0.25, 0.3) is 5.91 Å². The third-order valence-electron chi connectivity index (χ3n) is 4.15. The highest BCUT2D eigenvalue weighted by molar-refractivity contribution is 6.06. The minimum absolute atomic E-state index is 0.202. The van der Waals surface area contributed by atoms with Crippen LogP contribution < -0.4 is 20.1 Å². The van der Waals surface area contributed by atoms with Crippen molar-refractivity contribution in [2.45, 2.75) is 6.54 Å². The number of benzene rings is 3. The lowest BCUT2D eigenvalue weighted by Crippen LogP contribution is -2.13. The molecule has 3 aromatic rings. The summed E-state index contributed by atoms with van der Waals surface area (Å²) in [6.45, 7) is 0.705. The monoisotopic (exact) mass is 362 g/mol.